The summed E-state index contributed by atoms with van der Waals surface area (Å²) >= 11 is 1.37. The fraction of sp³-hybridized carbons (Fsp3) is 0.357. The normalized spacial score (nSPS) is 14.4. The van der Waals surface area contributed by atoms with Crippen molar-refractivity contribution in [2.75, 3.05) is 0 Å². The summed E-state index contributed by atoms with van der Waals surface area (Å²) in [5.41, 5.74) is 0.520. The maximum atomic E-state index is 12.0. The summed E-state index contributed by atoms with van der Waals surface area (Å²) in [6.45, 7) is 1.85. The molecule has 1 aliphatic carbocycles. The van der Waals surface area contributed by atoms with Crippen LogP contribution in [-0.4, -0.2) is 20.5 Å². The van der Waals surface area contributed by atoms with Crippen molar-refractivity contribution >= 4 is 17.5 Å². The van der Waals surface area contributed by atoms with Crippen LogP contribution in [0, 0.1) is 0 Å². The molecular weight excluding hydrogens is 274 g/mol. The average Bonchev–Trinajstić information content (AvgIpc) is 3.23. The molecular formula is C14H15N3O2S. The van der Waals surface area contributed by atoms with E-state index < -0.39 is 0 Å². The molecule has 0 atom stereocenters. The Kier molecular flexibility index (Phi) is 3.48. The second-order valence-electron chi connectivity index (χ2n) is 4.79. The zero-order valence-corrected chi connectivity index (χ0v) is 11.9. The van der Waals surface area contributed by atoms with Crippen molar-refractivity contribution in [2.45, 2.75) is 42.3 Å². The Labute approximate surface area is 120 Å². The molecule has 1 heterocycles. The smallest absolute Gasteiger partial charge is 0.294 e. The van der Waals surface area contributed by atoms with Gasteiger partial charge in [-0.1, -0.05) is 25.1 Å². The number of benzene rings is 1. The molecule has 1 aliphatic rings. The van der Waals surface area contributed by atoms with Crippen LogP contribution in [0.3, 0.4) is 0 Å². The van der Waals surface area contributed by atoms with Gasteiger partial charge in [0.25, 0.3) is 0 Å². The van der Waals surface area contributed by atoms with Gasteiger partial charge in [-0.25, -0.2) is 9.89 Å². The Hall–Kier alpha value is -1.82. The molecule has 6 heteroatoms. The van der Waals surface area contributed by atoms with Crippen molar-refractivity contribution < 1.29 is 4.79 Å². The van der Waals surface area contributed by atoms with Gasteiger partial charge in [0.15, 0.2) is 10.9 Å². The third-order valence-corrected chi connectivity index (χ3v) is 4.34. The van der Waals surface area contributed by atoms with Crippen LogP contribution in [0.15, 0.2) is 39.1 Å². The van der Waals surface area contributed by atoms with Crippen molar-refractivity contribution in [1.82, 2.24) is 14.8 Å². The molecule has 1 saturated carbocycles. The van der Waals surface area contributed by atoms with Gasteiger partial charge in [0.05, 0.1) is 0 Å². The third-order valence-electron chi connectivity index (χ3n) is 3.29. The molecule has 0 aliphatic heterocycles. The number of rotatable bonds is 5. The molecule has 1 N–H and O–H groups in total. The molecule has 0 amide bonds. The fourth-order valence-electron chi connectivity index (χ4n) is 2.09. The second-order valence-corrected chi connectivity index (χ2v) is 5.80. The number of aromatic nitrogens is 3. The van der Waals surface area contributed by atoms with E-state index in [0.29, 0.717) is 17.1 Å². The van der Waals surface area contributed by atoms with Crippen molar-refractivity contribution in [2.24, 2.45) is 0 Å². The highest BCUT2D eigenvalue weighted by molar-refractivity contribution is 7.99. The van der Waals surface area contributed by atoms with E-state index >= 15 is 0 Å². The number of carbonyl (C=O) groups is 1. The first-order valence-electron chi connectivity index (χ1n) is 6.67. The maximum Gasteiger partial charge on any atom is 0.344 e. The van der Waals surface area contributed by atoms with Crippen LogP contribution in [0.2, 0.25) is 0 Å². The number of aromatic amines is 1. The van der Waals surface area contributed by atoms with E-state index in [1.165, 1.54) is 11.8 Å². The molecule has 0 unspecified atom stereocenters. The van der Waals surface area contributed by atoms with Gasteiger partial charge >= 0.3 is 5.69 Å². The first kappa shape index (κ1) is 13.2. The van der Waals surface area contributed by atoms with Crippen molar-refractivity contribution in [1.29, 1.82) is 0 Å². The van der Waals surface area contributed by atoms with Gasteiger partial charge in [0.2, 0.25) is 0 Å². The highest BCUT2D eigenvalue weighted by atomic mass is 32.2. The zero-order chi connectivity index (χ0) is 14.1. The molecule has 1 aromatic carbocycles. The molecule has 0 saturated heterocycles. The van der Waals surface area contributed by atoms with Crippen LogP contribution in [0.5, 0.6) is 0 Å². The SMILES string of the molecule is CCC(=O)c1ccccc1Sc1n[nH]c(=O)n1C1CC1. The number of nitrogens with one attached hydrogen (secondary N) is 1. The molecule has 2 aromatic rings. The lowest BCUT2D eigenvalue weighted by Gasteiger charge is -2.07. The highest BCUT2D eigenvalue weighted by Crippen LogP contribution is 2.38. The first-order chi connectivity index (χ1) is 9.70. The lowest BCUT2D eigenvalue weighted by Crippen LogP contribution is -2.16. The summed E-state index contributed by atoms with van der Waals surface area (Å²) in [5.74, 6) is 0.101. The quantitative estimate of drug-likeness (QED) is 0.859. The van der Waals surface area contributed by atoms with Crippen LogP contribution in [0.25, 0.3) is 0 Å². The Morgan fingerprint density at radius 1 is 1.45 bits per heavy atom. The minimum absolute atomic E-state index is 0.101. The summed E-state index contributed by atoms with van der Waals surface area (Å²) < 4.78 is 1.69. The minimum Gasteiger partial charge on any atom is -0.294 e. The molecule has 3 rings (SSSR count). The van der Waals surface area contributed by atoms with E-state index in [9.17, 15) is 9.59 Å². The van der Waals surface area contributed by atoms with Gasteiger partial charge in [-0.05, 0) is 30.7 Å². The number of H-pyrrole nitrogens is 1. The van der Waals surface area contributed by atoms with Gasteiger partial charge in [0.1, 0.15) is 0 Å². The largest absolute Gasteiger partial charge is 0.344 e. The molecule has 1 fully saturated rings. The number of Topliss-reactive ketones (excluding diaryl/α,β-unsaturated/α-hetero) is 1. The second kappa shape index (κ2) is 5.28. The zero-order valence-electron chi connectivity index (χ0n) is 11.1. The molecule has 104 valence electrons. The van der Waals surface area contributed by atoms with Crippen LogP contribution in [0.1, 0.15) is 42.6 Å². The minimum atomic E-state index is -0.172. The summed E-state index contributed by atoms with van der Waals surface area (Å²) in [7, 11) is 0. The van der Waals surface area contributed by atoms with E-state index in [2.05, 4.69) is 10.2 Å². The maximum absolute atomic E-state index is 12.0. The summed E-state index contributed by atoms with van der Waals surface area (Å²) in [5, 5.41) is 7.20. The summed E-state index contributed by atoms with van der Waals surface area (Å²) in [6, 6.07) is 7.72. The van der Waals surface area contributed by atoms with Crippen LogP contribution in [-0.2, 0) is 0 Å². The number of nitrogens with zero attached hydrogens (tertiary/aromatic N) is 2. The lowest BCUT2D eigenvalue weighted by atomic mass is 10.1. The number of ketones is 1. The summed E-state index contributed by atoms with van der Waals surface area (Å²) in [4.78, 5) is 24.5. The molecule has 0 radical (unpaired) electrons. The topological polar surface area (TPSA) is 67.8 Å². The highest BCUT2D eigenvalue weighted by Gasteiger charge is 2.29. The van der Waals surface area contributed by atoms with E-state index in [4.69, 9.17) is 0 Å². The van der Waals surface area contributed by atoms with Gasteiger partial charge in [-0.2, -0.15) is 0 Å². The van der Waals surface area contributed by atoms with Gasteiger partial charge < -0.3 is 0 Å². The molecule has 0 spiro atoms. The standard InChI is InChI=1S/C14H15N3O2S/c1-2-11(18)10-5-3-4-6-12(10)20-14-16-15-13(19)17(14)9-7-8-9/h3-6,9H,2,7-8H2,1H3,(H,15,19). The van der Waals surface area contributed by atoms with Gasteiger partial charge in [-0.15, -0.1) is 5.10 Å². The van der Waals surface area contributed by atoms with E-state index in [0.717, 1.165) is 17.7 Å². The van der Waals surface area contributed by atoms with E-state index in [1.54, 1.807) is 4.57 Å². The number of carbonyl (C=O) groups excluding carboxylic acids is 1. The van der Waals surface area contributed by atoms with Crippen LogP contribution in [0.4, 0.5) is 0 Å². The van der Waals surface area contributed by atoms with Crippen molar-refractivity contribution in [3.05, 3.63) is 40.3 Å². The Morgan fingerprint density at radius 3 is 2.90 bits per heavy atom. The van der Waals surface area contributed by atoms with Crippen LogP contribution < -0.4 is 5.69 Å². The molecule has 1 aromatic heterocycles. The third kappa shape index (κ3) is 2.43. The van der Waals surface area contributed by atoms with Crippen molar-refractivity contribution in [3.63, 3.8) is 0 Å². The predicted octanol–water partition coefficient (Wildman–Crippen LogP) is 2.65. The predicted molar refractivity (Wildman–Crippen MR) is 76.3 cm³/mol. The lowest BCUT2D eigenvalue weighted by molar-refractivity contribution is 0.0985. The Bertz CT molecular complexity index is 700. The van der Waals surface area contributed by atoms with Gasteiger partial charge in [0, 0.05) is 22.9 Å². The Balaban J connectivity index is 1.96. The number of hydrogen-bond donors (Lipinski definition) is 1. The average molecular weight is 289 g/mol. The summed E-state index contributed by atoms with van der Waals surface area (Å²) in [6.07, 6.45) is 2.50. The first-order valence-corrected chi connectivity index (χ1v) is 7.49. The van der Waals surface area contributed by atoms with E-state index in [-0.39, 0.29) is 17.5 Å². The fourth-order valence-corrected chi connectivity index (χ4v) is 3.15. The van der Waals surface area contributed by atoms with Crippen LogP contribution >= 0.6 is 11.8 Å². The van der Waals surface area contributed by atoms with E-state index in [1.807, 2.05) is 31.2 Å². The Morgan fingerprint density at radius 2 is 2.20 bits per heavy atom. The monoisotopic (exact) mass is 289 g/mol. The molecule has 5 nitrogen and oxygen atoms in total. The number of hydrogen-bond acceptors (Lipinski definition) is 4. The molecule has 20 heavy (non-hydrogen) atoms. The van der Waals surface area contributed by atoms with Gasteiger partial charge in [-0.3, -0.25) is 9.36 Å². The molecule has 0 bridgehead atoms. The van der Waals surface area contributed by atoms with Crippen molar-refractivity contribution in [3.8, 4) is 0 Å².